The van der Waals surface area contributed by atoms with Crippen LogP contribution in [0.3, 0.4) is 0 Å². The van der Waals surface area contributed by atoms with Crippen LogP contribution in [-0.4, -0.2) is 44.9 Å². The van der Waals surface area contributed by atoms with Gasteiger partial charge in [0.1, 0.15) is 0 Å². The number of unbranched alkanes of at least 4 members (excludes halogenated alkanes) is 1. The molecule has 174 valence electrons. The summed E-state index contributed by atoms with van der Waals surface area (Å²) < 4.78 is 28.4. The van der Waals surface area contributed by atoms with E-state index in [1.165, 1.54) is 17.7 Å². The zero-order valence-electron chi connectivity index (χ0n) is 19.1. The second-order valence-corrected chi connectivity index (χ2v) is 10.2. The maximum atomic E-state index is 12.9. The highest BCUT2D eigenvalue weighted by atomic mass is 32.2. The van der Waals surface area contributed by atoms with E-state index in [1.54, 1.807) is 24.3 Å². The summed E-state index contributed by atoms with van der Waals surface area (Å²) in [6, 6.07) is 13.8. The van der Waals surface area contributed by atoms with Gasteiger partial charge in [-0.3, -0.25) is 9.52 Å². The second-order valence-electron chi connectivity index (χ2n) is 8.52. The molecular formula is C25H35N3O3S. The molecule has 1 aliphatic rings. The molecule has 1 fully saturated rings. The number of carbonyl (C=O) groups excluding carboxylic acids is 1. The van der Waals surface area contributed by atoms with Crippen LogP contribution in [0.5, 0.6) is 0 Å². The lowest BCUT2D eigenvalue weighted by Crippen LogP contribution is -2.44. The van der Waals surface area contributed by atoms with Crippen molar-refractivity contribution in [1.82, 2.24) is 10.2 Å². The first-order valence-corrected chi connectivity index (χ1v) is 13.1. The van der Waals surface area contributed by atoms with Crippen molar-refractivity contribution >= 4 is 21.6 Å². The highest BCUT2D eigenvalue weighted by Gasteiger charge is 2.22. The topological polar surface area (TPSA) is 78.5 Å². The Hall–Kier alpha value is -2.38. The first kappa shape index (κ1) is 24.3. The zero-order valence-corrected chi connectivity index (χ0v) is 20.0. The van der Waals surface area contributed by atoms with Crippen LogP contribution in [0.25, 0.3) is 0 Å². The minimum atomic E-state index is -3.78. The van der Waals surface area contributed by atoms with Gasteiger partial charge in [-0.25, -0.2) is 8.42 Å². The lowest BCUT2D eigenvalue weighted by molar-refractivity contribution is 0.0911. The third-order valence-electron chi connectivity index (χ3n) is 5.89. The van der Waals surface area contributed by atoms with Crippen LogP contribution in [0.2, 0.25) is 0 Å². The first-order valence-electron chi connectivity index (χ1n) is 11.7. The normalized spacial score (nSPS) is 15.4. The van der Waals surface area contributed by atoms with Crippen LogP contribution in [0.4, 0.5) is 5.69 Å². The summed E-state index contributed by atoms with van der Waals surface area (Å²) in [6.07, 6.45) is 6.18. The number of nitrogens with one attached hydrogen (secondary N) is 2. The number of hydrogen-bond donors (Lipinski definition) is 2. The number of hydrogen-bond acceptors (Lipinski definition) is 4. The van der Waals surface area contributed by atoms with E-state index in [1.807, 2.05) is 12.1 Å². The Morgan fingerprint density at radius 1 is 1.03 bits per heavy atom. The lowest BCUT2D eigenvalue weighted by Gasteiger charge is -2.32. The molecule has 7 heteroatoms. The summed E-state index contributed by atoms with van der Waals surface area (Å²) >= 11 is 0. The van der Waals surface area contributed by atoms with Crippen LogP contribution in [0, 0.1) is 0 Å². The average molecular weight is 458 g/mol. The van der Waals surface area contributed by atoms with Gasteiger partial charge in [0.15, 0.2) is 0 Å². The van der Waals surface area contributed by atoms with E-state index in [-0.39, 0.29) is 16.8 Å². The van der Waals surface area contributed by atoms with Crippen molar-refractivity contribution in [2.24, 2.45) is 0 Å². The Morgan fingerprint density at radius 2 is 1.75 bits per heavy atom. The maximum Gasteiger partial charge on any atom is 0.261 e. The number of aryl methyl sites for hydroxylation is 1. The molecule has 1 aliphatic heterocycles. The Balaban J connectivity index is 1.62. The van der Waals surface area contributed by atoms with Crippen molar-refractivity contribution in [3.63, 3.8) is 0 Å². The molecule has 0 aromatic heterocycles. The highest BCUT2D eigenvalue weighted by Crippen LogP contribution is 2.19. The summed E-state index contributed by atoms with van der Waals surface area (Å²) in [6.45, 7) is 7.37. The van der Waals surface area contributed by atoms with Gasteiger partial charge in [0.25, 0.3) is 15.9 Å². The average Bonchev–Trinajstić information content (AvgIpc) is 2.80. The molecule has 0 saturated carbocycles. The Bertz CT molecular complexity index is 982. The molecule has 2 aromatic rings. The number of likely N-dealkylation sites (tertiary alicyclic amines) is 1. The third-order valence-corrected chi connectivity index (χ3v) is 7.27. The van der Waals surface area contributed by atoms with E-state index in [4.69, 9.17) is 0 Å². The van der Waals surface area contributed by atoms with Crippen molar-refractivity contribution in [2.75, 3.05) is 24.4 Å². The molecule has 0 radical (unpaired) electrons. The molecular weight excluding hydrogens is 422 g/mol. The van der Waals surface area contributed by atoms with Crippen molar-refractivity contribution < 1.29 is 13.2 Å². The van der Waals surface area contributed by atoms with E-state index >= 15 is 0 Å². The number of sulfonamides is 1. The first-order chi connectivity index (χ1) is 15.4. The molecule has 6 nitrogen and oxygen atoms in total. The fraction of sp³-hybridized carbons (Fsp3) is 0.480. The number of rotatable bonds is 10. The smallest absolute Gasteiger partial charge is 0.261 e. The van der Waals surface area contributed by atoms with E-state index in [0.717, 1.165) is 58.2 Å². The zero-order chi connectivity index (χ0) is 23.0. The van der Waals surface area contributed by atoms with Crippen LogP contribution in [0.15, 0.2) is 53.4 Å². The SMILES string of the molecule is CCCCc1ccc(NS(=O)(=O)c2cccc(C(=O)NC3CCN(CCC)CC3)c2)cc1. The largest absolute Gasteiger partial charge is 0.349 e. The van der Waals surface area contributed by atoms with E-state index in [0.29, 0.717) is 11.3 Å². The molecule has 0 bridgehead atoms. The fourth-order valence-electron chi connectivity index (χ4n) is 4.02. The third kappa shape index (κ3) is 6.81. The summed E-state index contributed by atoms with van der Waals surface area (Å²) in [5.41, 5.74) is 2.06. The quantitative estimate of drug-likeness (QED) is 0.553. The Kier molecular flexibility index (Phi) is 8.70. The van der Waals surface area contributed by atoms with Crippen LogP contribution >= 0.6 is 0 Å². The summed E-state index contributed by atoms with van der Waals surface area (Å²) in [5.74, 6) is -0.226. The number of anilines is 1. The molecule has 0 aliphatic carbocycles. The van der Waals surface area contributed by atoms with Gasteiger partial charge in [-0.2, -0.15) is 0 Å². The van der Waals surface area contributed by atoms with E-state index in [2.05, 4.69) is 28.8 Å². The van der Waals surface area contributed by atoms with Crippen LogP contribution in [0.1, 0.15) is 61.9 Å². The minimum Gasteiger partial charge on any atom is -0.349 e. The van der Waals surface area contributed by atoms with Gasteiger partial charge in [0, 0.05) is 30.4 Å². The monoisotopic (exact) mass is 457 g/mol. The van der Waals surface area contributed by atoms with Gasteiger partial charge in [-0.1, -0.05) is 38.5 Å². The van der Waals surface area contributed by atoms with Crippen molar-refractivity contribution in [2.45, 2.75) is 63.3 Å². The van der Waals surface area contributed by atoms with Crippen molar-refractivity contribution in [3.8, 4) is 0 Å². The number of piperidine rings is 1. The molecule has 0 atom stereocenters. The van der Waals surface area contributed by atoms with E-state index < -0.39 is 10.0 Å². The molecule has 1 heterocycles. The van der Waals surface area contributed by atoms with Gasteiger partial charge in [-0.15, -0.1) is 0 Å². The Labute approximate surface area is 192 Å². The van der Waals surface area contributed by atoms with Gasteiger partial charge in [0.05, 0.1) is 4.90 Å². The molecule has 2 N–H and O–H groups in total. The molecule has 0 unspecified atom stereocenters. The molecule has 3 rings (SSSR count). The predicted molar refractivity (Wildman–Crippen MR) is 130 cm³/mol. The van der Waals surface area contributed by atoms with Crippen LogP contribution in [-0.2, 0) is 16.4 Å². The molecule has 0 spiro atoms. The standard InChI is InChI=1S/C25H35N3O3S/c1-3-5-7-20-10-12-23(13-11-20)27-32(30,31)24-9-6-8-21(19-24)25(29)26-22-14-17-28(16-4-2)18-15-22/h6,8-13,19,22,27H,3-5,7,14-18H2,1-2H3,(H,26,29). The van der Waals surface area contributed by atoms with Gasteiger partial charge < -0.3 is 10.2 Å². The molecule has 1 amide bonds. The second kappa shape index (κ2) is 11.5. The minimum absolute atomic E-state index is 0.0815. The summed E-state index contributed by atoms with van der Waals surface area (Å²) in [7, 11) is -3.78. The highest BCUT2D eigenvalue weighted by molar-refractivity contribution is 7.92. The molecule has 2 aromatic carbocycles. The summed E-state index contributed by atoms with van der Waals surface area (Å²) in [5, 5.41) is 3.07. The molecule has 32 heavy (non-hydrogen) atoms. The Morgan fingerprint density at radius 3 is 2.41 bits per heavy atom. The van der Waals surface area contributed by atoms with Gasteiger partial charge in [0.2, 0.25) is 0 Å². The number of nitrogens with zero attached hydrogens (tertiary/aromatic N) is 1. The molecule has 1 saturated heterocycles. The number of benzene rings is 2. The lowest BCUT2D eigenvalue weighted by atomic mass is 10.0. The van der Waals surface area contributed by atoms with Crippen molar-refractivity contribution in [3.05, 3.63) is 59.7 Å². The maximum absolute atomic E-state index is 12.9. The van der Waals surface area contributed by atoms with Crippen LogP contribution < -0.4 is 10.0 Å². The van der Waals surface area contributed by atoms with Gasteiger partial charge in [-0.05, 0) is 74.5 Å². The fourth-order valence-corrected chi connectivity index (χ4v) is 5.13. The number of amides is 1. The predicted octanol–water partition coefficient (Wildman–Crippen LogP) is 4.43. The summed E-state index contributed by atoms with van der Waals surface area (Å²) in [4.78, 5) is 15.2. The van der Waals surface area contributed by atoms with Crippen molar-refractivity contribution in [1.29, 1.82) is 0 Å². The van der Waals surface area contributed by atoms with E-state index in [9.17, 15) is 13.2 Å². The van der Waals surface area contributed by atoms with Gasteiger partial charge >= 0.3 is 0 Å². The number of carbonyl (C=O) groups is 1.